The number of hydrogen-bond donors (Lipinski definition) is 1. The van der Waals surface area contributed by atoms with E-state index in [1.54, 1.807) is 4.90 Å². The molecule has 1 aliphatic heterocycles. The molecule has 1 fully saturated rings. The highest BCUT2D eigenvalue weighted by atomic mass is 16.2. The molecule has 0 bridgehead atoms. The van der Waals surface area contributed by atoms with E-state index in [1.807, 2.05) is 14.1 Å². The van der Waals surface area contributed by atoms with Crippen molar-refractivity contribution in [1.82, 2.24) is 9.80 Å². The Morgan fingerprint density at radius 1 is 1.69 bits per heavy atom. The van der Waals surface area contributed by atoms with Crippen LogP contribution >= 0.6 is 0 Å². The van der Waals surface area contributed by atoms with Crippen LogP contribution in [0.2, 0.25) is 0 Å². The fraction of sp³-hybridized carbons (Fsp3) is 0.778. The lowest BCUT2D eigenvalue weighted by Crippen LogP contribution is -2.45. The predicted octanol–water partition coefficient (Wildman–Crippen LogP) is 0.153. The summed E-state index contributed by atoms with van der Waals surface area (Å²) in [6.45, 7) is 2.54. The smallest absolute Gasteiger partial charge is 0.314 e. The van der Waals surface area contributed by atoms with Crippen molar-refractivity contribution in [2.75, 3.05) is 33.7 Å². The molecular formula is C9H18N3O. The quantitative estimate of drug-likeness (QED) is 0.664. The van der Waals surface area contributed by atoms with Crippen LogP contribution in [0.3, 0.4) is 0 Å². The van der Waals surface area contributed by atoms with Crippen molar-refractivity contribution in [3.05, 3.63) is 6.42 Å². The van der Waals surface area contributed by atoms with Gasteiger partial charge in [0.15, 0.2) is 0 Å². The first kappa shape index (κ1) is 10.3. The number of primary amides is 1. The second-order valence-electron chi connectivity index (χ2n) is 3.83. The van der Waals surface area contributed by atoms with Crippen LogP contribution in [-0.2, 0) is 0 Å². The Morgan fingerprint density at radius 2 is 2.38 bits per heavy atom. The molecule has 1 unspecified atom stereocenters. The highest BCUT2D eigenvalue weighted by molar-refractivity contribution is 5.72. The van der Waals surface area contributed by atoms with E-state index in [4.69, 9.17) is 5.73 Å². The monoisotopic (exact) mass is 184 g/mol. The number of carbonyl (C=O) groups excluding carboxylic acids is 1. The Kier molecular flexibility index (Phi) is 3.54. The zero-order valence-electron chi connectivity index (χ0n) is 8.36. The lowest BCUT2D eigenvalue weighted by Gasteiger charge is -2.32. The van der Waals surface area contributed by atoms with Gasteiger partial charge in [0.1, 0.15) is 0 Å². The van der Waals surface area contributed by atoms with Crippen LogP contribution in [0, 0.1) is 12.3 Å². The molecule has 0 aromatic rings. The van der Waals surface area contributed by atoms with Gasteiger partial charge in [0, 0.05) is 19.6 Å². The molecule has 1 atom stereocenters. The van der Waals surface area contributed by atoms with E-state index in [9.17, 15) is 4.79 Å². The third-order valence-corrected chi connectivity index (χ3v) is 2.27. The fourth-order valence-electron chi connectivity index (χ4n) is 1.72. The van der Waals surface area contributed by atoms with E-state index >= 15 is 0 Å². The number of carbonyl (C=O) groups is 1. The standard InChI is InChI=1S/C9H18N3O/c1-11(2)6-8-4-3-5-12(7-8)9(10)13/h4,8H,3,5-7H2,1-2H3,(H2,10,13). The lowest BCUT2D eigenvalue weighted by atomic mass is 9.98. The van der Waals surface area contributed by atoms with E-state index in [2.05, 4.69) is 11.3 Å². The molecule has 0 aromatic heterocycles. The van der Waals surface area contributed by atoms with Crippen LogP contribution in [0.4, 0.5) is 4.79 Å². The minimum Gasteiger partial charge on any atom is -0.351 e. The number of likely N-dealkylation sites (tertiary alicyclic amines) is 1. The number of hydrogen-bond acceptors (Lipinski definition) is 2. The first-order chi connectivity index (χ1) is 6.09. The van der Waals surface area contributed by atoms with Gasteiger partial charge in [-0.3, -0.25) is 0 Å². The van der Waals surface area contributed by atoms with Crippen molar-refractivity contribution in [3.8, 4) is 0 Å². The third kappa shape index (κ3) is 3.22. The largest absolute Gasteiger partial charge is 0.351 e. The summed E-state index contributed by atoms with van der Waals surface area (Å²) in [6, 6.07) is -0.295. The molecule has 13 heavy (non-hydrogen) atoms. The normalized spacial score (nSPS) is 23.6. The Balaban J connectivity index is 2.37. The van der Waals surface area contributed by atoms with Gasteiger partial charge in [-0.1, -0.05) is 0 Å². The summed E-state index contributed by atoms with van der Waals surface area (Å²) in [7, 11) is 4.08. The maximum absolute atomic E-state index is 10.9. The molecule has 1 radical (unpaired) electrons. The minimum atomic E-state index is -0.295. The summed E-state index contributed by atoms with van der Waals surface area (Å²) in [5.74, 6) is 0.469. The van der Waals surface area contributed by atoms with Gasteiger partial charge in [0.25, 0.3) is 0 Å². The summed E-state index contributed by atoms with van der Waals surface area (Å²) in [5.41, 5.74) is 5.22. The predicted molar refractivity (Wildman–Crippen MR) is 52.1 cm³/mol. The fourth-order valence-corrected chi connectivity index (χ4v) is 1.72. The molecule has 0 saturated carbocycles. The van der Waals surface area contributed by atoms with Gasteiger partial charge in [-0.2, -0.15) is 0 Å². The van der Waals surface area contributed by atoms with Crippen molar-refractivity contribution in [1.29, 1.82) is 0 Å². The molecule has 0 spiro atoms. The van der Waals surface area contributed by atoms with Crippen molar-refractivity contribution >= 4 is 6.03 Å². The zero-order chi connectivity index (χ0) is 9.84. The van der Waals surface area contributed by atoms with E-state index in [-0.39, 0.29) is 6.03 Å². The number of rotatable bonds is 2. The summed E-state index contributed by atoms with van der Waals surface area (Å²) in [4.78, 5) is 14.8. The van der Waals surface area contributed by atoms with E-state index in [0.717, 1.165) is 26.1 Å². The van der Waals surface area contributed by atoms with Crippen molar-refractivity contribution in [2.45, 2.75) is 6.42 Å². The topological polar surface area (TPSA) is 49.6 Å². The Hall–Kier alpha value is -0.770. The highest BCUT2D eigenvalue weighted by Gasteiger charge is 2.22. The molecule has 1 heterocycles. The Bertz CT molecular complexity index is 182. The average molecular weight is 184 g/mol. The molecule has 75 valence electrons. The lowest BCUT2D eigenvalue weighted by molar-refractivity contribution is 0.180. The van der Waals surface area contributed by atoms with Gasteiger partial charge in [-0.25, -0.2) is 4.79 Å². The first-order valence-electron chi connectivity index (χ1n) is 4.62. The SMILES string of the molecule is CN(C)CC1[CH]CCN(C(N)=O)C1. The van der Waals surface area contributed by atoms with Crippen molar-refractivity contribution < 1.29 is 4.79 Å². The Labute approximate surface area is 79.7 Å². The molecular weight excluding hydrogens is 166 g/mol. The van der Waals surface area contributed by atoms with Crippen LogP contribution in [0.5, 0.6) is 0 Å². The molecule has 4 heteroatoms. The molecule has 4 nitrogen and oxygen atoms in total. The van der Waals surface area contributed by atoms with Crippen molar-refractivity contribution in [2.24, 2.45) is 11.7 Å². The second-order valence-corrected chi connectivity index (χ2v) is 3.83. The maximum Gasteiger partial charge on any atom is 0.314 e. The number of amides is 2. The number of urea groups is 1. The molecule has 0 aromatic carbocycles. The third-order valence-electron chi connectivity index (χ3n) is 2.27. The van der Waals surface area contributed by atoms with Crippen LogP contribution in [0.25, 0.3) is 0 Å². The molecule has 1 saturated heterocycles. The second kappa shape index (κ2) is 4.46. The van der Waals surface area contributed by atoms with E-state index in [1.165, 1.54) is 0 Å². The maximum atomic E-state index is 10.9. The molecule has 1 rings (SSSR count). The number of piperidine rings is 1. The molecule has 1 aliphatic rings. The highest BCUT2D eigenvalue weighted by Crippen LogP contribution is 2.15. The summed E-state index contributed by atoms with van der Waals surface area (Å²) in [5, 5.41) is 0. The minimum absolute atomic E-state index is 0.295. The van der Waals surface area contributed by atoms with Crippen molar-refractivity contribution in [3.63, 3.8) is 0 Å². The van der Waals surface area contributed by atoms with Crippen LogP contribution in [-0.4, -0.2) is 49.6 Å². The van der Waals surface area contributed by atoms with Gasteiger partial charge in [0.05, 0.1) is 0 Å². The molecule has 0 aliphatic carbocycles. The number of nitrogens with zero attached hydrogens (tertiary/aromatic N) is 2. The van der Waals surface area contributed by atoms with Gasteiger partial charge in [0.2, 0.25) is 0 Å². The molecule has 2 N–H and O–H groups in total. The average Bonchev–Trinajstić information content (AvgIpc) is 2.03. The van der Waals surface area contributed by atoms with Crippen LogP contribution < -0.4 is 5.73 Å². The Morgan fingerprint density at radius 3 is 2.92 bits per heavy atom. The van der Waals surface area contributed by atoms with Crippen LogP contribution in [0.1, 0.15) is 6.42 Å². The molecule has 2 amide bonds. The first-order valence-corrected chi connectivity index (χ1v) is 4.62. The van der Waals surface area contributed by atoms with Gasteiger partial charge in [-0.15, -0.1) is 0 Å². The summed E-state index contributed by atoms with van der Waals surface area (Å²) >= 11 is 0. The summed E-state index contributed by atoms with van der Waals surface area (Å²) in [6.07, 6.45) is 3.24. The van der Waals surface area contributed by atoms with E-state index < -0.39 is 0 Å². The number of nitrogens with two attached hydrogens (primary N) is 1. The van der Waals surface area contributed by atoms with Gasteiger partial charge < -0.3 is 15.5 Å². The van der Waals surface area contributed by atoms with Crippen LogP contribution in [0.15, 0.2) is 0 Å². The summed E-state index contributed by atoms with van der Waals surface area (Å²) < 4.78 is 0. The van der Waals surface area contributed by atoms with Gasteiger partial charge in [-0.05, 0) is 32.9 Å². The van der Waals surface area contributed by atoms with E-state index in [0.29, 0.717) is 5.92 Å². The van der Waals surface area contributed by atoms with Gasteiger partial charge >= 0.3 is 6.03 Å². The zero-order valence-corrected chi connectivity index (χ0v) is 8.36.